The molecule has 1 aromatic rings. The number of aliphatic imine (C=N–C) groups is 1. The van der Waals surface area contributed by atoms with Gasteiger partial charge in [0.1, 0.15) is 5.60 Å². The molecule has 0 aromatic carbocycles. The molecule has 0 bridgehead atoms. The van der Waals surface area contributed by atoms with Crippen molar-refractivity contribution in [3.63, 3.8) is 0 Å². The molecule has 1 aliphatic rings. The Bertz CT molecular complexity index is 634. The number of guanidine groups is 1. The second-order valence-electron chi connectivity index (χ2n) is 7.90. The van der Waals surface area contributed by atoms with Crippen LogP contribution in [0, 0.1) is 0 Å². The minimum absolute atomic E-state index is 0.378. The maximum atomic E-state index is 11.6. The number of likely N-dealkylation sites (tertiary alicyclic amines) is 1. The third-order valence-corrected chi connectivity index (χ3v) is 4.28. The van der Waals surface area contributed by atoms with E-state index in [-0.39, 0.29) is 6.09 Å². The Hall–Kier alpha value is -2.25. The standard InChI is InChI=1S/C19H34N6O2/c1-6-20-17(21-9-7-10-22-18(26)27-19(2,3)4)25-11-8-15(14-25)16-12-23-24(5)13-16/h12-13,15H,6-11,14H2,1-5H3,(H,20,21)(H,22,26). The van der Waals surface area contributed by atoms with Crippen LogP contribution in [0.4, 0.5) is 4.79 Å². The van der Waals surface area contributed by atoms with Gasteiger partial charge in [0.2, 0.25) is 0 Å². The Balaban J connectivity index is 1.78. The highest BCUT2D eigenvalue weighted by atomic mass is 16.6. The molecule has 1 unspecified atom stereocenters. The molecule has 0 saturated carbocycles. The van der Waals surface area contributed by atoms with Crippen LogP contribution in [0.2, 0.25) is 0 Å². The van der Waals surface area contributed by atoms with Gasteiger partial charge in [-0.2, -0.15) is 5.10 Å². The van der Waals surface area contributed by atoms with Gasteiger partial charge in [0, 0.05) is 51.9 Å². The third-order valence-electron chi connectivity index (χ3n) is 4.28. The van der Waals surface area contributed by atoms with Gasteiger partial charge < -0.3 is 20.3 Å². The molecule has 0 aliphatic carbocycles. The zero-order chi connectivity index (χ0) is 19.9. The van der Waals surface area contributed by atoms with Crippen LogP contribution in [0.15, 0.2) is 17.4 Å². The van der Waals surface area contributed by atoms with Crippen LogP contribution in [-0.2, 0) is 11.8 Å². The fourth-order valence-electron chi connectivity index (χ4n) is 3.07. The van der Waals surface area contributed by atoms with Gasteiger partial charge in [-0.05, 0) is 46.1 Å². The molecule has 8 nitrogen and oxygen atoms in total. The smallest absolute Gasteiger partial charge is 0.407 e. The van der Waals surface area contributed by atoms with Crippen molar-refractivity contribution in [1.82, 2.24) is 25.3 Å². The van der Waals surface area contributed by atoms with Gasteiger partial charge in [0.15, 0.2) is 5.96 Å². The van der Waals surface area contributed by atoms with E-state index in [2.05, 4.69) is 33.8 Å². The number of nitrogens with zero attached hydrogens (tertiary/aromatic N) is 4. The molecule has 1 atom stereocenters. The van der Waals surface area contributed by atoms with Gasteiger partial charge in [-0.3, -0.25) is 9.67 Å². The predicted octanol–water partition coefficient (Wildman–Crippen LogP) is 2.09. The predicted molar refractivity (Wildman–Crippen MR) is 107 cm³/mol. The van der Waals surface area contributed by atoms with E-state index in [0.717, 1.165) is 38.4 Å². The van der Waals surface area contributed by atoms with Gasteiger partial charge in [-0.15, -0.1) is 0 Å². The monoisotopic (exact) mass is 378 g/mol. The maximum absolute atomic E-state index is 11.6. The number of ether oxygens (including phenoxy) is 1. The molecule has 27 heavy (non-hydrogen) atoms. The molecule has 1 aromatic heterocycles. The molecule has 1 fully saturated rings. The Kier molecular flexibility index (Phi) is 7.50. The molecule has 0 radical (unpaired) electrons. The number of alkyl carbamates (subject to hydrolysis) is 1. The first-order chi connectivity index (χ1) is 12.8. The first kappa shape index (κ1) is 21.1. The summed E-state index contributed by atoms with van der Waals surface area (Å²) in [6.07, 6.45) is 5.56. The average Bonchev–Trinajstić information content (AvgIpc) is 3.20. The molecule has 0 spiro atoms. The number of nitrogens with one attached hydrogen (secondary N) is 2. The van der Waals surface area contributed by atoms with Gasteiger partial charge in [0.05, 0.1) is 6.20 Å². The first-order valence-electron chi connectivity index (χ1n) is 9.77. The van der Waals surface area contributed by atoms with Crippen molar-refractivity contribution in [2.45, 2.75) is 52.1 Å². The van der Waals surface area contributed by atoms with Crippen molar-refractivity contribution in [1.29, 1.82) is 0 Å². The molecular weight excluding hydrogens is 344 g/mol. The summed E-state index contributed by atoms with van der Waals surface area (Å²) in [5.41, 5.74) is 0.818. The first-order valence-corrected chi connectivity index (χ1v) is 9.77. The minimum Gasteiger partial charge on any atom is -0.444 e. The zero-order valence-corrected chi connectivity index (χ0v) is 17.3. The van der Waals surface area contributed by atoms with Crippen molar-refractivity contribution in [2.24, 2.45) is 12.0 Å². The summed E-state index contributed by atoms with van der Waals surface area (Å²) in [5, 5.41) is 10.4. The minimum atomic E-state index is -0.471. The Morgan fingerprint density at radius 1 is 1.41 bits per heavy atom. The summed E-state index contributed by atoms with van der Waals surface area (Å²) in [5.74, 6) is 1.44. The van der Waals surface area contributed by atoms with Gasteiger partial charge in [0.25, 0.3) is 0 Å². The average molecular weight is 379 g/mol. The van der Waals surface area contributed by atoms with Crippen molar-refractivity contribution >= 4 is 12.1 Å². The van der Waals surface area contributed by atoms with E-state index in [1.54, 1.807) is 0 Å². The molecule has 2 heterocycles. The highest BCUT2D eigenvalue weighted by Gasteiger charge is 2.26. The second kappa shape index (κ2) is 9.62. The van der Waals surface area contributed by atoms with Crippen LogP contribution in [0.1, 0.15) is 52.0 Å². The molecule has 1 amide bonds. The lowest BCUT2D eigenvalue weighted by Crippen LogP contribution is -2.40. The highest BCUT2D eigenvalue weighted by Crippen LogP contribution is 2.26. The highest BCUT2D eigenvalue weighted by molar-refractivity contribution is 5.80. The van der Waals surface area contributed by atoms with Crippen LogP contribution in [0.5, 0.6) is 0 Å². The van der Waals surface area contributed by atoms with Gasteiger partial charge in [-0.1, -0.05) is 0 Å². The molecule has 2 N–H and O–H groups in total. The van der Waals surface area contributed by atoms with E-state index in [0.29, 0.717) is 19.0 Å². The Labute approximate surface area is 162 Å². The number of aromatic nitrogens is 2. The number of aryl methyl sites for hydroxylation is 1. The summed E-state index contributed by atoms with van der Waals surface area (Å²) in [6, 6.07) is 0. The number of hydrogen-bond acceptors (Lipinski definition) is 4. The van der Waals surface area contributed by atoms with E-state index in [9.17, 15) is 4.79 Å². The van der Waals surface area contributed by atoms with Crippen LogP contribution >= 0.6 is 0 Å². The van der Waals surface area contributed by atoms with Crippen LogP contribution in [0.25, 0.3) is 0 Å². The maximum Gasteiger partial charge on any atom is 0.407 e. The molecule has 1 saturated heterocycles. The molecule has 2 rings (SSSR count). The number of carbonyl (C=O) groups excluding carboxylic acids is 1. The fourth-order valence-corrected chi connectivity index (χ4v) is 3.07. The zero-order valence-electron chi connectivity index (χ0n) is 17.3. The van der Waals surface area contributed by atoms with E-state index in [1.165, 1.54) is 5.56 Å². The van der Waals surface area contributed by atoms with Gasteiger partial charge in [-0.25, -0.2) is 4.79 Å². The van der Waals surface area contributed by atoms with Crippen LogP contribution in [-0.4, -0.2) is 65.1 Å². The second-order valence-corrected chi connectivity index (χ2v) is 7.90. The normalized spacial score (nSPS) is 17.9. The molecule has 8 heteroatoms. The van der Waals surface area contributed by atoms with E-state index < -0.39 is 5.60 Å². The summed E-state index contributed by atoms with van der Waals surface area (Å²) in [6.45, 7) is 11.6. The lowest BCUT2D eigenvalue weighted by molar-refractivity contribution is 0.0527. The van der Waals surface area contributed by atoms with E-state index in [4.69, 9.17) is 9.73 Å². The summed E-state index contributed by atoms with van der Waals surface area (Å²) in [7, 11) is 1.95. The summed E-state index contributed by atoms with van der Waals surface area (Å²) < 4.78 is 7.08. The fraction of sp³-hybridized carbons (Fsp3) is 0.737. The lowest BCUT2D eigenvalue weighted by Gasteiger charge is -2.21. The lowest BCUT2D eigenvalue weighted by atomic mass is 10.0. The van der Waals surface area contributed by atoms with Gasteiger partial charge >= 0.3 is 6.09 Å². The summed E-state index contributed by atoms with van der Waals surface area (Å²) in [4.78, 5) is 18.7. The Morgan fingerprint density at radius 3 is 2.81 bits per heavy atom. The quantitative estimate of drug-likeness (QED) is 0.450. The topological polar surface area (TPSA) is 83.8 Å². The SMILES string of the molecule is CCNC(=NCCCNC(=O)OC(C)(C)C)N1CCC(c2cnn(C)c2)C1. The van der Waals surface area contributed by atoms with E-state index in [1.807, 2.05) is 38.7 Å². The van der Waals surface area contributed by atoms with Crippen molar-refractivity contribution in [3.05, 3.63) is 18.0 Å². The van der Waals surface area contributed by atoms with E-state index >= 15 is 0 Å². The largest absolute Gasteiger partial charge is 0.444 e. The number of amides is 1. The number of rotatable bonds is 6. The summed E-state index contributed by atoms with van der Waals surface area (Å²) >= 11 is 0. The molecule has 1 aliphatic heterocycles. The molecular formula is C19H34N6O2. The van der Waals surface area contributed by atoms with Crippen molar-refractivity contribution in [3.8, 4) is 0 Å². The number of hydrogen-bond donors (Lipinski definition) is 2. The number of carbonyl (C=O) groups is 1. The van der Waals surface area contributed by atoms with Crippen molar-refractivity contribution < 1.29 is 9.53 Å². The van der Waals surface area contributed by atoms with Crippen LogP contribution in [0.3, 0.4) is 0 Å². The Morgan fingerprint density at radius 2 is 2.19 bits per heavy atom. The third kappa shape index (κ3) is 7.11. The van der Waals surface area contributed by atoms with Crippen molar-refractivity contribution in [2.75, 3.05) is 32.7 Å². The van der Waals surface area contributed by atoms with Crippen LogP contribution < -0.4 is 10.6 Å². The molecule has 152 valence electrons.